The summed E-state index contributed by atoms with van der Waals surface area (Å²) in [5, 5.41) is 10.1. The molecule has 0 saturated heterocycles. The minimum absolute atomic E-state index is 0.282. The zero-order valence-corrected chi connectivity index (χ0v) is 14.1. The number of pyridine rings is 1. The number of allylic oxidation sites excluding steroid dienone is 1. The van der Waals surface area contributed by atoms with Gasteiger partial charge in [0.05, 0.1) is 23.1 Å². The van der Waals surface area contributed by atoms with Crippen molar-refractivity contribution in [3.05, 3.63) is 65.2 Å². The standard InChI is InChI=1S/C18H14ClFN4O/c1-10(2)14-8-21-16(13-5-12(19)3-4-15(13)20)6-17(14)23-18-11(9-25)7-22-24-18/h3-9H,1H2,2H3,(H2,21,22,23,24). The summed E-state index contributed by atoms with van der Waals surface area (Å²) in [4.78, 5) is 15.4. The van der Waals surface area contributed by atoms with Crippen LogP contribution in [0.5, 0.6) is 0 Å². The van der Waals surface area contributed by atoms with Crippen LogP contribution in [0.2, 0.25) is 5.02 Å². The summed E-state index contributed by atoms with van der Waals surface area (Å²) in [6.45, 7) is 5.75. The summed E-state index contributed by atoms with van der Waals surface area (Å²) in [6.07, 6.45) is 3.69. The number of aldehydes is 1. The first kappa shape index (κ1) is 16.9. The molecule has 25 heavy (non-hydrogen) atoms. The van der Waals surface area contributed by atoms with E-state index in [0.29, 0.717) is 34.1 Å². The summed E-state index contributed by atoms with van der Waals surface area (Å²) in [5.74, 6) is 0.00209. The van der Waals surface area contributed by atoms with Crippen LogP contribution >= 0.6 is 11.6 Å². The van der Waals surface area contributed by atoms with Crippen molar-refractivity contribution in [1.29, 1.82) is 0 Å². The van der Waals surface area contributed by atoms with Gasteiger partial charge in [0, 0.05) is 22.3 Å². The van der Waals surface area contributed by atoms with Gasteiger partial charge in [0.25, 0.3) is 0 Å². The van der Waals surface area contributed by atoms with Crippen molar-refractivity contribution in [2.45, 2.75) is 6.92 Å². The second-order valence-corrected chi connectivity index (χ2v) is 5.90. The van der Waals surface area contributed by atoms with E-state index in [1.54, 1.807) is 12.3 Å². The molecule has 0 bridgehead atoms. The lowest BCUT2D eigenvalue weighted by Crippen LogP contribution is -2.00. The molecule has 2 heterocycles. The fourth-order valence-electron chi connectivity index (χ4n) is 2.36. The molecule has 126 valence electrons. The number of anilines is 2. The van der Waals surface area contributed by atoms with Crippen LogP contribution < -0.4 is 5.32 Å². The van der Waals surface area contributed by atoms with E-state index in [2.05, 4.69) is 27.1 Å². The topological polar surface area (TPSA) is 70.7 Å². The number of carbonyl (C=O) groups is 1. The van der Waals surface area contributed by atoms with Crippen molar-refractivity contribution in [1.82, 2.24) is 15.2 Å². The SMILES string of the molecule is C=C(C)c1cnc(-c2cc(Cl)ccc2F)cc1Nc1[nH]ncc1C=O. The first-order valence-corrected chi connectivity index (χ1v) is 7.74. The molecule has 0 fully saturated rings. The molecule has 1 aromatic carbocycles. The van der Waals surface area contributed by atoms with E-state index in [9.17, 15) is 9.18 Å². The normalized spacial score (nSPS) is 10.5. The zero-order chi connectivity index (χ0) is 18.0. The number of benzene rings is 1. The number of nitrogens with one attached hydrogen (secondary N) is 2. The lowest BCUT2D eigenvalue weighted by atomic mass is 10.0. The highest BCUT2D eigenvalue weighted by Crippen LogP contribution is 2.31. The maximum atomic E-state index is 14.1. The van der Waals surface area contributed by atoms with Gasteiger partial charge in [0.2, 0.25) is 0 Å². The molecule has 2 aromatic heterocycles. The average molecular weight is 357 g/mol. The van der Waals surface area contributed by atoms with E-state index in [4.69, 9.17) is 11.6 Å². The van der Waals surface area contributed by atoms with Crippen molar-refractivity contribution >= 4 is 35.0 Å². The third kappa shape index (κ3) is 3.44. The Morgan fingerprint density at radius 3 is 2.88 bits per heavy atom. The minimum Gasteiger partial charge on any atom is -0.339 e. The second kappa shape index (κ2) is 6.86. The fourth-order valence-corrected chi connectivity index (χ4v) is 2.53. The molecule has 5 nitrogen and oxygen atoms in total. The van der Waals surface area contributed by atoms with Crippen LogP contribution in [0.15, 0.2) is 43.2 Å². The summed E-state index contributed by atoms with van der Waals surface area (Å²) in [7, 11) is 0. The molecule has 0 aliphatic rings. The van der Waals surface area contributed by atoms with Gasteiger partial charge in [0.1, 0.15) is 11.6 Å². The highest BCUT2D eigenvalue weighted by molar-refractivity contribution is 6.30. The number of aromatic amines is 1. The van der Waals surface area contributed by atoms with Gasteiger partial charge in [-0.3, -0.25) is 14.9 Å². The van der Waals surface area contributed by atoms with Crippen molar-refractivity contribution in [3.8, 4) is 11.3 Å². The Bertz CT molecular complexity index is 967. The molecule has 0 aliphatic heterocycles. The quantitative estimate of drug-likeness (QED) is 0.641. The molecule has 0 aliphatic carbocycles. The first-order valence-electron chi connectivity index (χ1n) is 7.36. The molecule has 0 atom stereocenters. The van der Waals surface area contributed by atoms with Crippen LogP contribution in [0, 0.1) is 5.82 Å². The molecule has 0 amide bonds. The molecule has 0 saturated carbocycles. The third-order valence-electron chi connectivity index (χ3n) is 3.62. The minimum atomic E-state index is -0.430. The van der Waals surface area contributed by atoms with E-state index in [1.165, 1.54) is 24.4 Å². The number of nitrogens with zero attached hydrogens (tertiary/aromatic N) is 2. The molecule has 0 radical (unpaired) electrons. The lowest BCUT2D eigenvalue weighted by Gasteiger charge is -2.13. The van der Waals surface area contributed by atoms with Gasteiger partial charge in [-0.1, -0.05) is 18.2 Å². The van der Waals surface area contributed by atoms with Crippen LogP contribution in [0.4, 0.5) is 15.9 Å². The summed E-state index contributed by atoms with van der Waals surface area (Å²) in [5.41, 5.74) is 3.17. The Kier molecular flexibility index (Phi) is 4.63. The van der Waals surface area contributed by atoms with Gasteiger partial charge in [-0.15, -0.1) is 0 Å². The Labute approximate surface area is 148 Å². The van der Waals surface area contributed by atoms with E-state index < -0.39 is 5.82 Å². The van der Waals surface area contributed by atoms with Crippen LogP contribution in [-0.2, 0) is 0 Å². The third-order valence-corrected chi connectivity index (χ3v) is 3.86. The molecule has 0 spiro atoms. The molecular formula is C18H14ClFN4O. The van der Waals surface area contributed by atoms with Gasteiger partial charge in [-0.25, -0.2) is 4.39 Å². The molecule has 3 aromatic rings. The maximum Gasteiger partial charge on any atom is 0.155 e. The summed E-state index contributed by atoms with van der Waals surface area (Å²) < 4.78 is 14.1. The predicted molar refractivity (Wildman–Crippen MR) is 96.6 cm³/mol. The lowest BCUT2D eigenvalue weighted by molar-refractivity contribution is 0.112. The van der Waals surface area contributed by atoms with Crippen molar-refractivity contribution in [2.24, 2.45) is 0 Å². The van der Waals surface area contributed by atoms with E-state index in [1.807, 2.05) is 6.92 Å². The Balaban J connectivity index is 2.10. The number of halogens is 2. The average Bonchev–Trinajstić information content (AvgIpc) is 3.04. The first-order chi connectivity index (χ1) is 12.0. The zero-order valence-electron chi connectivity index (χ0n) is 13.3. The smallest absolute Gasteiger partial charge is 0.155 e. The number of hydrogen-bond acceptors (Lipinski definition) is 4. The van der Waals surface area contributed by atoms with Gasteiger partial charge in [-0.2, -0.15) is 5.10 Å². The van der Waals surface area contributed by atoms with E-state index >= 15 is 0 Å². The second-order valence-electron chi connectivity index (χ2n) is 5.46. The molecule has 0 unspecified atom stereocenters. The van der Waals surface area contributed by atoms with Crippen molar-refractivity contribution in [2.75, 3.05) is 5.32 Å². The fraction of sp³-hybridized carbons (Fsp3) is 0.0556. The van der Waals surface area contributed by atoms with Crippen LogP contribution in [0.3, 0.4) is 0 Å². The number of rotatable bonds is 5. The number of H-pyrrole nitrogens is 1. The van der Waals surface area contributed by atoms with Crippen molar-refractivity contribution < 1.29 is 9.18 Å². The molecule has 3 rings (SSSR count). The Hall–Kier alpha value is -2.99. The summed E-state index contributed by atoms with van der Waals surface area (Å²) in [6, 6.07) is 5.95. The predicted octanol–water partition coefficient (Wildman–Crippen LogP) is 4.85. The van der Waals surface area contributed by atoms with Gasteiger partial charge in [-0.05, 0) is 36.8 Å². The Morgan fingerprint density at radius 2 is 2.16 bits per heavy atom. The maximum absolute atomic E-state index is 14.1. The monoisotopic (exact) mass is 356 g/mol. The number of hydrogen-bond donors (Lipinski definition) is 2. The van der Waals surface area contributed by atoms with Crippen LogP contribution in [0.25, 0.3) is 16.8 Å². The van der Waals surface area contributed by atoms with Crippen LogP contribution in [0.1, 0.15) is 22.8 Å². The number of aromatic nitrogens is 3. The molecule has 7 heteroatoms. The van der Waals surface area contributed by atoms with E-state index in [0.717, 1.165) is 11.1 Å². The van der Waals surface area contributed by atoms with Gasteiger partial charge >= 0.3 is 0 Å². The summed E-state index contributed by atoms with van der Waals surface area (Å²) >= 11 is 5.97. The van der Waals surface area contributed by atoms with Crippen LogP contribution in [-0.4, -0.2) is 21.5 Å². The van der Waals surface area contributed by atoms with Crippen molar-refractivity contribution in [3.63, 3.8) is 0 Å². The molecular weight excluding hydrogens is 343 g/mol. The molecule has 2 N–H and O–H groups in total. The number of carbonyl (C=O) groups excluding carboxylic acids is 1. The highest BCUT2D eigenvalue weighted by atomic mass is 35.5. The Morgan fingerprint density at radius 1 is 1.36 bits per heavy atom. The highest BCUT2D eigenvalue weighted by Gasteiger charge is 2.13. The van der Waals surface area contributed by atoms with Gasteiger partial charge in [0.15, 0.2) is 6.29 Å². The van der Waals surface area contributed by atoms with E-state index in [-0.39, 0.29) is 5.56 Å². The largest absolute Gasteiger partial charge is 0.339 e. The van der Waals surface area contributed by atoms with Gasteiger partial charge < -0.3 is 5.32 Å².